The van der Waals surface area contributed by atoms with Crippen molar-refractivity contribution >= 4 is 27.5 Å². The summed E-state index contributed by atoms with van der Waals surface area (Å²) in [6, 6.07) is 5.67. The molecule has 0 heterocycles. The molecule has 0 spiro atoms. The Bertz CT molecular complexity index is 516. The van der Waals surface area contributed by atoms with Gasteiger partial charge in [0.05, 0.1) is 5.56 Å². The number of benzene rings is 1. The summed E-state index contributed by atoms with van der Waals surface area (Å²) in [4.78, 5) is 12.5. The van der Waals surface area contributed by atoms with Crippen molar-refractivity contribution < 1.29 is 4.79 Å². The summed E-state index contributed by atoms with van der Waals surface area (Å²) in [6.45, 7) is 6.76. The van der Waals surface area contributed by atoms with Crippen LogP contribution in [0.1, 0.15) is 50.4 Å². The molecule has 0 aliphatic heterocycles. The van der Waals surface area contributed by atoms with Crippen molar-refractivity contribution in [3.63, 3.8) is 0 Å². The van der Waals surface area contributed by atoms with Gasteiger partial charge in [0.15, 0.2) is 0 Å². The SMILES string of the molecule is CC1CCC(C(C)C)C(NC(=O)c2ccc(Br)cc2N)C1. The Morgan fingerprint density at radius 1 is 1.38 bits per heavy atom. The van der Waals surface area contributed by atoms with Crippen LogP contribution in [-0.4, -0.2) is 11.9 Å². The highest BCUT2D eigenvalue weighted by atomic mass is 79.9. The van der Waals surface area contributed by atoms with Crippen LogP contribution < -0.4 is 11.1 Å². The zero-order chi connectivity index (χ0) is 15.6. The van der Waals surface area contributed by atoms with Crippen molar-refractivity contribution in [2.75, 3.05) is 5.73 Å². The Labute approximate surface area is 135 Å². The smallest absolute Gasteiger partial charge is 0.253 e. The third-order valence-corrected chi connectivity index (χ3v) is 5.09. The number of amides is 1. The molecule has 1 amide bonds. The van der Waals surface area contributed by atoms with Crippen molar-refractivity contribution in [1.29, 1.82) is 0 Å². The van der Waals surface area contributed by atoms with Crippen molar-refractivity contribution in [1.82, 2.24) is 5.32 Å². The molecule has 3 atom stereocenters. The van der Waals surface area contributed by atoms with Crippen molar-refractivity contribution in [3.8, 4) is 0 Å². The van der Waals surface area contributed by atoms with Gasteiger partial charge in [-0.1, -0.05) is 43.1 Å². The molecule has 3 unspecified atom stereocenters. The number of hydrogen-bond donors (Lipinski definition) is 2. The van der Waals surface area contributed by atoms with Crippen LogP contribution in [0.15, 0.2) is 22.7 Å². The molecule has 0 saturated heterocycles. The molecule has 0 bridgehead atoms. The highest BCUT2D eigenvalue weighted by Gasteiger charge is 2.32. The summed E-state index contributed by atoms with van der Waals surface area (Å²) >= 11 is 3.37. The minimum Gasteiger partial charge on any atom is -0.398 e. The molecular weight excluding hydrogens is 328 g/mol. The summed E-state index contributed by atoms with van der Waals surface area (Å²) in [6.07, 6.45) is 3.51. The number of nitrogens with two attached hydrogens (primary N) is 1. The molecule has 3 nitrogen and oxygen atoms in total. The first-order valence-corrected chi connectivity index (χ1v) is 8.53. The molecule has 116 valence electrons. The first kappa shape index (κ1) is 16.3. The predicted octanol–water partition coefficient (Wildman–Crippen LogP) is 4.22. The van der Waals surface area contributed by atoms with Gasteiger partial charge in [-0.25, -0.2) is 0 Å². The molecule has 1 saturated carbocycles. The van der Waals surface area contributed by atoms with E-state index in [9.17, 15) is 4.79 Å². The zero-order valence-corrected chi connectivity index (χ0v) is 14.6. The molecule has 4 heteroatoms. The number of anilines is 1. The van der Waals surface area contributed by atoms with E-state index in [1.165, 1.54) is 12.8 Å². The van der Waals surface area contributed by atoms with Crippen LogP contribution >= 0.6 is 15.9 Å². The maximum absolute atomic E-state index is 12.5. The van der Waals surface area contributed by atoms with E-state index in [-0.39, 0.29) is 11.9 Å². The van der Waals surface area contributed by atoms with Crippen LogP contribution in [0, 0.1) is 17.8 Å². The maximum Gasteiger partial charge on any atom is 0.253 e. The van der Waals surface area contributed by atoms with E-state index < -0.39 is 0 Å². The second-order valence-corrected chi connectivity index (χ2v) is 7.55. The van der Waals surface area contributed by atoms with Gasteiger partial charge in [0.25, 0.3) is 5.91 Å². The van der Waals surface area contributed by atoms with E-state index in [1.807, 2.05) is 6.07 Å². The fraction of sp³-hybridized carbons (Fsp3) is 0.588. The Balaban J connectivity index is 2.12. The Morgan fingerprint density at radius 2 is 2.10 bits per heavy atom. The van der Waals surface area contributed by atoms with Gasteiger partial charge in [0.1, 0.15) is 0 Å². The van der Waals surface area contributed by atoms with Gasteiger partial charge in [-0.15, -0.1) is 0 Å². The summed E-state index contributed by atoms with van der Waals surface area (Å²) in [5.74, 6) is 1.77. The molecule has 1 fully saturated rings. The zero-order valence-electron chi connectivity index (χ0n) is 13.0. The van der Waals surface area contributed by atoms with Crippen LogP contribution in [0.25, 0.3) is 0 Å². The molecule has 0 radical (unpaired) electrons. The number of nitrogen functional groups attached to an aromatic ring is 1. The third-order valence-electron chi connectivity index (χ3n) is 4.60. The largest absolute Gasteiger partial charge is 0.398 e. The van der Waals surface area contributed by atoms with Crippen LogP contribution in [0.4, 0.5) is 5.69 Å². The standard InChI is InChI=1S/C17H25BrN2O/c1-10(2)13-6-4-11(3)8-16(13)20-17(21)14-7-5-12(18)9-15(14)19/h5,7,9-11,13,16H,4,6,8,19H2,1-3H3,(H,20,21). The van der Waals surface area contributed by atoms with Gasteiger partial charge in [0.2, 0.25) is 0 Å². The first-order valence-electron chi connectivity index (χ1n) is 7.74. The summed E-state index contributed by atoms with van der Waals surface area (Å²) in [7, 11) is 0. The average molecular weight is 353 g/mol. The molecule has 1 aliphatic rings. The monoisotopic (exact) mass is 352 g/mol. The van der Waals surface area contributed by atoms with E-state index in [2.05, 4.69) is 42.0 Å². The molecule has 2 rings (SSSR count). The second kappa shape index (κ2) is 6.82. The van der Waals surface area contributed by atoms with E-state index >= 15 is 0 Å². The Morgan fingerprint density at radius 3 is 2.71 bits per heavy atom. The summed E-state index contributed by atoms with van der Waals surface area (Å²) in [5, 5.41) is 3.22. The van der Waals surface area contributed by atoms with Crippen molar-refractivity contribution in [3.05, 3.63) is 28.2 Å². The van der Waals surface area contributed by atoms with Crippen LogP contribution in [-0.2, 0) is 0 Å². The number of carbonyl (C=O) groups is 1. The number of carbonyl (C=O) groups excluding carboxylic acids is 1. The highest BCUT2D eigenvalue weighted by molar-refractivity contribution is 9.10. The average Bonchev–Trinajstić information content (AvgIpc) is 2.37. The molecule has 1 aliphatic carbocycles. The minimum absolute atomic E-state index is 0.0512. The van der Waals surface area contributed by atoms with Crippen LogP contribution in [0.2, 0.25) is 0 Å². The van der Waals surface area contributed by atoms with Crippen LogP contribution in [0.3, 0.4) is 0 Å². The molecule has 0 aromatic heterocycles. The summed E-state index contributed by atoms with van der Waals surface area (Å²) in [5.41, 5.74) is 7.05. The van der Waals surface area contributed by atoms with Gasteiger partial charge >= 0.3 is 0 Å². The Kier molecular flexibility index (Phi) is 5.31. The molecule has 1 aromatic carbocycles. The molecular formula is C17H25BrN2O. The fourth-order valence-corrected chi connectivity index (χ4v) is 3.73. The lowest BCUT2D eigenvalue weighted by molar-refractivity contribution is 0.0869. The Hall–Kier alpha value is -1.03. The number of rotatable bonds is 3. The highest BCUT2D eigenvalue weighted by Crippen LogP contribution is 2.33. The lowest BCUT2D eigenvalue weighted by Crippen LogP contribution is -2.45. The van der Waals surface area contributed by atoms with Gasteiger partial charge in [-0.3, -0.25) is 4.79 Å². The molecule has 3 N–H and O–H groups in total. The topological polar surface area (TPSA) is 55.1 Å². The van der Waals surface area contributed by atoms with Crippen LogP contribution in [0.5, 0.6) is 0 Å². The van der Waals surface area contributed by atoms with Gasteiger partial charge in [0, 0.05) is 16.2 Å². The van der Waals surface area contributed by atoms with Gasteiger partial charge < -0.3 is 11.1 Å². The lowest BCUT2D eigenvalue weighted by atomic mass is 9.74. The number of hydrogen-bond acceptors (Lipinski definition) is 2. The fourth-order valence-electron chi connectivity index (χ4n) is 3.35. The minimum atomic E-state index is -0.0512. The molecule has 1 aromatic rings. The van der Waals surface area contributed by atoms with E-state index in [0.29, 0.717) is 29.0 Å². The molecule has 21 heavy (non-hydrogen) atoms. The maximum atomic E-state index is 12.5. The van der Waals surface area contributed by atoms with Crippen molar-refractivity contribution in [2.45, 2.75) is 46.1 Å². The first-order chi connectivity index (χ1) is 9.88. The van der Waals surface area contributed by atoms with E-state index in [4.69, 9.17) is 5.73 Å². The second-order valence-electron chi connectivity index (χ2n) is 6.64. The normalized spacial score (nSPS) is 25.9. The number of halogens is 1. The quantitative estimate of drug-likeness (QED) is 0.800. The van der Waals surface area contributed by atoms with E-state index in [1.54, 1.807) is 12.1 Å². The predicted molar refractivity (Wildman–Crippen MR) is 91.2 cm³/mol. The van der Waals surface area contributed by atoms with Crippen molar-refractivity contribution in [2.24, 2.45) is 17.8 Å². The van der Waals surface area contributed by atoms with Gasteiger partial charge in [-0.05, 0) is 48.8 Å². The number of nitrogens with one attached hydrogen (secondary N) is 1. The van der Waals surface area contributed by atoms with Gasteiger partial charge in [-0.2, -0.15) is 0 Å². The third kappa shape index (κ3) is 4.00. The summed E-state index contributed by atoms with van der Waals surface area (Å²) < 4.78 is 0.892. The lowest BCUT2D eigenvalue weighted by Gasteiger charge is -2.37. The van der Waals surface area contributed by atoms with E-state index in [0.717, 1.165) is 10.9 Å².